The first-order valence-corrected chi connectivity index (χ1v) is 7.42. The number of nitrogens with zero attached hydrogens (tertiary/aromatic N) is 1. The number of amides is 1. The second-order valence-corrected chi connectivity index (χ2v) is 5.50. The molecule has 0 aromatic rings. The zero-order valence-corrected chi connectivity index (χ0v) is 11.5. The van der Waals surface area contributed by atoms with E-state index in [2.05, 4.69) is 12.2 Å². The Kier molecular flexibility index (Phi) is 5.45. The topological polar surface area (TPSA) is 41.6 Å². The Labute approximate surface area is 110 Å². The molecule has 2 fully saturated rings. The normalized spacial score (nSPS) is 28.3. The van der Waals surface area contributed by atoms with Crippen LogP contribution in [0.25, 0.3) is 0 Å². The van der Waals surface area contributed by atoms with Crippen LogP contribution in [-0.2, 0) is 9.53 Å². The number of hydrogen-bond donors (Lipinski definition) is 1. The molecule has 2 rings (SSSR count). The van der Waals surface area contributed by atoms with Gasteiger partial charge < -0.3 is 15.0 Å². The van der Waals surface area contributed by atoms with Gasteiger partial charge in [0.1, 0.15) is 6.10 Å². The molecule has 0 spiro atoms. The highest BCUT2D eigenvalue weighted by Gasteiger charge is 2.29. The molecule has 1 unspecified atom stereocenters. The van der Waals surface area contributed by atoms with E-state index in [-0.39, 0.29) is 12.0 Å². The fourth-order valence-corrected chi connectivity index (χ4v) is 2.93. The standard InChI is InChI=1S/C14H26N2O2/c1-2-8-16(11-12-5-3-7-15-10-12)14(17)13-6-4-9-18-13/h12-13,15H,2-11H2,1H3/t12?,13-/m1/s1. The molecule has 2 atom stereocenters. The van der Waals surface area contributed by atoms with Crippen LogP contribution in [0.1, 0.15) is 39.0 Å². The maximum atomic E-state index is 12.4. The van der Waals surface area contributed by atoms with Gasteiger partial charge in [-0.25, -0.2) is 0 Å². The van der Waals surface area contributed by atoms with Crippen molar-refractivity contribution in [2.24, 2.45) is 5.92 Å². The molecule has 1 amide bonds. The minimum atomic E-state index is -0.159. The van der Waals surface area contributed by atoms with Gasteiger partial charge in [0.25, 0.3) is 5.91 Å². The molecule has 0 aromatic carbocycles. The van der Waals surface area contributed by atoms with E-state index in [1.807, 2.05) is 4.90 Å². The van der Waals surface area contributed by atoms with Crippen LogP contribution >= 0.6 is 0 Å². The average molecular weight is 254 g/mol. The van der Waals surface area contributed by atoms with Crippen molar-refractivity contribution in [3.8, 4) is 0 Å². The van der Waals surface area contributed by atoms with Crippen LogP contribution < -0.4 is 5.32 Å². The van der Waals surface area contributed by atoms with Crippen molar-refractivity contribution in [1.29, 1.82) is 0 Å². The molecule has 1 N–H and O–H groups in total. The van der Waals surface area contributed by atoms with Crippen LogP contribution in [0, 0.1) is 5.92 Å². The van der Waals surface area contributed by atoms with Crippen molar-refractivity contribution < 1.29 is 9.53 Å². The first-order valence-electron chi connectivity index (χ1n) is 7.42. The predicted octanol–water partition coefficient (Wildman–Crippen LogP) is 1.40. The van der Waals surface area contributed by atoms with Gasteiger partial charge in [-0.1, -0.05) is 6.92 Å². The molecule has 4 heteroatoms. The molecule has 0 bridgehead atoms. The van der Waals surface area contributed by atoms with Gasteiger partial charge in [0, 0.05) is 19.7 Å². The van der Waals surface area contributed by atoms with E-state index in [1.54, 1.807) is 0 Å². The van der Waals surface area contributed by atoms with Gasteiger partial charge in [0.15, 0.2) is 0 Å². The van der Waals surface area contributed by atoms with Gasteiger partial charge in [0.05, 0.1) is 0 Å². The van der Waals surface area contributed by atoms with Gasteiger partial charge in [0.2, 0.25) is 0 Å². The molecule has 4 nitrogen and oxygen atoms in total. The Balaban J connectivity index is 1.87. The van der Waals surface area contributed by atoms with Crippen LogP contribution in [0.3, 0.4) is 0 Å². The lowest BCUT2D eigenvalue weighted by molar-refractivity contribution is -0.141. The molecule has 18 heavy (non-hydrogen) atoms. The van der Waals surface area contributed by atoms with Crippen molar-refractivity contribution in [3.05, 3.63) is 0 Å². The fraction of sp³-hybridized carbons (Fsp3) is 0.929. The third-order valence-electron chi connectivity index (χ3n) is 3.89. The van der Waals surface area contributed by atoms with E-state index in [1.165, 1.54) is 12.8 Å². The third kappa shape index (κ3) is 3.69. The molecule has 0 radical (unpaired) electrons. The van der Waals surface area contributed by atoms with Crippen molar-refractivity contribution in [2.45, 2.75) is 45.1 Å². The molecule has 0 saturated carbocycles. The molecule has 2 aliphatic rings. The summed E-state index contributed by atoms with van der Waals surface area (Å²) < 4.78 is 5.52. The molecule has 0 aromatic heterocycles. The molecular formula is C14H26N2O2. The van der Waals surface area contributed by atoms with Gasteiger partial charge in [-0.15, -0.1) is 0 Å². The zero-order chi connectivity index (χ0) is 12.8. The number of rotatable bonds is 5. The summed E-state index contributed by atoms with van der Waals surface area (Å²) in [6.45, 7) is 6.84. The van der Waals surface area contributed by atoms with Gasteiger partial charge >= 0.3 is 0 Å². The summed E-state index contributed by atoms with van der Waals surface area (Å²) in [5.74, 6) is 0.843. The Hall–Kier alpha value is -0.610. The highest BCUT2D eigenvalue weighted by molar-refractivity contribution is 5.81. The molecule has 0 aliphatic carbocycles. The third-order valence-corrected chi connectivity index (χ3v) is 3.89. The van der Waals surface area contributed by atoms with Crippen LogP contribution in [0.2, 0.25) is 0 Å². The molecule has 2 heterocycles. The summed E-state index contributed by atoms with van der Waals surface area (Å²) in [5, 5.41) is 3.42. The minimum absolute atomic E-state index is 0.159. The lowest BCUT2D eigenvalue weighted by Gasteiger charge is -2.31. The molecule has 2 aliphatic heterocycles. The maximum Gasteiger partial charge on any atom is 0.251 e. The molecular weight excluding hydrogens is 228 g/mol. The van der Waals surface area contributed by atoms with Gasteiger partial charge in [-0.3, -0.25) is 4.79 Å². The quantitative estimate of drug-likeness (QED) is 0.806. The summed E-state index contributed by atoms with van der Waals surface area (Å²) in [6, 6.07) is 0. The van der Waals surface area contributed by atoms with Gasteiger partial charge in [-0.2, -0.15) is 0 Å². The Morgan fingerprint density at radius 3 is 2.89 bits per heavy atom. The number of piperidine rings is 1. The van der Waals surface area contributed by atoms with Gasteiger partial charge in [-0.05, 0) is 51.1 Å². The van der Waals surface area contributed by atoms with E-state index in [0.717, 1.165) is 52.0 Å². The lowest BCUT2D eigenvalue weighted by atomic mass is 9.98. The molecule has 104 valence electrons. The highest BCUT2D eigenvalue weighted by Crippen LogP contribution is 2.18. The van der Waals surface area contributed by atoms with Crippen LogP contribution in [0.15, 0.2) is 0 Å². The Morgan fingerprint density at radius 2 is 2.28 bits per heavy atom. The van der Waals surface area contributed by atoms with Crippen molar-refractivity contribution >= 4 is 5.91 Å². The second-order valence-electron chi connectivity index (χ2n) is 5.50. The van der Waals surface area contributed by atoms with Crippen molar-refractivity contribution in [3.63, 3.8) is 0 Å². The minimum Gasteiger partial charge on any atom is -0.368 e. The summed E-state index contributed by atoms with van der Waals surface area (Å²) in [6.07, 6.45) is 5.28. The van der Waals surface area contributed by atoms with E-state index in [4.69, 9.17) is 4.74 Å². The zero-order valence-electron chi connectivity index (χ0n) is 11.5. The smallest absolute Gasteiger partial charge is 0.251 e. The Morgan fingerprint density at radius 1 is 1.39 bits per heavy atom. The molecule has 2 saturated heterocycles. The Bertz CT molecular complexity index is 259. The SMILES string of the molecule is CCCN(CC1CCCNC1)C(=O)[C@H]1CCCO1. The van der Waals surface area contributed by atoms with E-state index >= 15 is 0 Å². The predicted molar refractivity (Wildman–Crippen MR) is 71.4 cm³/mol. The number of hydrogen-bond acceptors (Lipinski definition) is 3. The lowest BCUT2D eigenvalue weighted by Crippen LogP contribution is -2.45. The van der Waals surface area contributed by atoms with E-state index in [9.17, 15) is 4.79 Å². The highest BCUT2D eigenvalue weighted by atomic mass is 16.5. The van der Waals surface area contributed by atoms with Crippen LogP contribution in [0.5, 0.6) is 0 Å². The van der Waals surface area contributed by atoms with Crippen LogP contribution in [0.4, 0.5) is 0 Å². The van der Waals surface area contributed by atoms with E-state index < -0.39 is 0 Å². The maximum absolute atomic E-state index is 12.4. The number of carbonyl (C=O) groups excluding carboxylic acids is 1. The van der Waals surface area contributed by atoms with E-state index in [0.29, 0.717) is 5.92 Å². The first-order chi connectivity index (χ1) is 8.81. The summed E-state index contributed by atoms with van der Waals surface area (Å²) in [4.78, 5) is 14.4. The average Bonchev–Trinajstić information content (AvgIpc) is 2.92. The monoisotopic (exact) mass is 254 g/mol. The number of ether oxygens (including phenoxy) is 1. The largest absolute Gasteiger partial charge is 0.368 e. The summed E-state index contributed by atoms with van der Waals surface area (Å²) >= 11 is 0. The fourth-order valence-electron chi connectivity index (χ4n) is 2.93. The number of nitrogens with one attached hydrogen (secondary N) is 1. The first kappa shape index (κ1) is 13.8. The van der Waals surface area contributed by atoms with Crippen LogP contribution in [-0.4, -0.2) is 49.7 Å². The van der Waals surface area contributed by atoms with Crippen molar-refractivity contribution in [2.75, 3.05) is 32.8 Å². The second kappa shape index (κ2) is 7.10. The summed E-state index contributed by atoms with van der Waals surface area (Å²) in [7, 11) is 0. The van der Waals surface area contributed by atoms with Crippen molar-refractivity contribution in [1.82, 2.24) is 10.2 Å². The summed E-state index contributed by atoms with van der Waals surface area (Å²) in [5.41, 5.74) is 0. The number of carbonyl (C=O) groups is 1.